The van der Waals surface area contributed by atoms with Crippen molar-refractivity contribution in [3.63, 3.8) is 0 Å². The third kappa shape index (κ3) is 6.73. The molecule has 10 aromatic carbocycles. The second-order valence-electron chi connectivity index (χ2n) is 19.0. The van der Waals surface area contributed by atoms with Crippen molar-refractivity contribution in [3.05, 3.63) is 200 Å². The lowest BCUT2D eigenvalue weighted by Crippen LogP contribution is -2.48. The standard InChI is InChI=1S/C60H47B7N2/c61-51-48(52(62)56(66)59-49(51)50-53(63)54(64)55(65)57(67)60(50)69(59)41-30-25-37(26-31-41)35-15-6-2-7-16-35)39-27-32-47-46(33-39)45-22-12-21-44(43-20-11-10-19-42(43)38-17-8-3-9-18-38)58(45)68(47)40-28-23-36(24-29-40)34-13-4-1-5-14-34/h1-33H,61-67H2. The molecule has 0 amide bonds. The van der Waals surface area contributed by atoms with E-state index in [1.807, 2.05) is 0 Å². The van der Waals surface area contributed by atoms with E-state index in [9.17, 15) is 0 Å². The number of nitrogens with zero attached hydrogens (tertiary/aromatic N) is 2. The minimum absolute atomic E-state index is 1.14. The molecule has 9 heteroatoms. The van der Waals surface area contributed by atoms with Crippen LogP contribution in [-0.2, 0) is 0 Å². The van der Waals surface area contributed by atoms with Gasteiger partial charge >= 0.3 is 0 Å². The molecular weight excluding hydrogens is 824 g/mol. The Labute approximate surface area is 410 Å². The lowest BCUT2D eigenvalue weighted by Gasteiger charge is -2.19. The Hall–Kier alpha value is -7.75. The second-order valence-corrected chi connectivity index (χ2v) is 19.0. The molecule has 12 aromatic rings. The minimum atomic E-state index is 1.14. The lowest BCUT2D eigenvalue weighted by atomic mass is 9.64. The molecule has 0 atom stereocenters. The molecule has 0 bridgehead atoms. The Morgan fingerprint density at radius 3 is 1.30 bits per heavy atom. The first-order valence-corrected chi connectivity index (χ1v) is 24.3. The summed E-state index contributed by atoms with van der Waals surface area (Å²) in [6, 6.07) is 73.5. The molecule has 0 unspecified atom stereocenters. The molecule has 2 aromatic heterocycles. The van der Waals surface area contributed by atoms with E-state index in [1.54, 1.807) is 0 Å². The summed E-state index contributed by atoms with van der Waals surface area (Å²) < 4.78 is 5.07. The number of benzene rings is 10. The zero-order valence-electron chi connectivity index (χ0n) is 40.4. The van der Waals surface area contributed by atoms with E-state index in [0.29, 0.717) is 0 Å². The molecular formula is C60H47B7N2. The van der Waals surface area contributed by atoms with Crippen LogP contribution < -0.4 is 38.2 Å². The Bertz CT molecular complexity index is 3990. The lowest BCUT2D eigenvalue weighted by molar-refractivity contribution is 1.18. The fraction of sp³-hybridized carbons (Fsp3) is 0. The minimum Gasteiger partial charge on any atom is -0.310 e. The van der Waals surface area contributed by atoms with E-state index in [4.69, 9.17) is 0 Å². The van der Waals surface area contributed by atoms with Gasteiger partial charge in [-0.2, -0.15) is 0 Å². The maximum absolute atomic E-state index is 2.57. The predicted octanol–water partition coefficient (Wildman–Crippen LogP) is 4.02. The van der Waals surface area contributed by atoms with Gasteiger partial charge in [0.2, 0.25) is 0 Å². The highest BCUT2D eigenvalue weighted by molar-refractivity contribution is 6.69. The van der Waals surface area contributed by atoms with Crippen molar-refractivity contribution < 1.29 is 0 Å². The number of rotatable bonds is 7. The zero-order valence-corrected chi connectivity index (χ0v) is 40.4. The van der Waals surface area contributed by atoms with E-state index < -0.39 is 0 Å². The number of para-hydroxylation sites is 1. The summed E-state index contributed by atoms with van der Waals surface area (Å²) in [6.45, 7) is 0. The highest BCUT2D eigenvalue weighted by atomic mass is 15.0. The summed E-state index contributed by atoms with van der Waals surface area (Å²) in [7, 11) is 16.3. The van der Waals surface area contributed by atoms with Crippen LogP contribution in [0.2, 0.25) is 0 Å². The highest BCUT2D eigenvalue weighted by Crippen LogP contribution is 2.43. The van der Waals surface area contributed by atoms with Crippen LogP contribution in [0.3, 0.4) is 0 Å². The fourth-order valence-corrected chi connectivity index (χ4v) is 11.6. The van der Waals surface area contributed by atoms with E-state index in [2.05, 4.69) is 264 Å². The zero-order chi connectivity index (χ0) is 47.1. The van der Waals surface area contributed by atoms with Crippen molar-refractivity contribution in [2.45, 2.75) is 0 Å². The summed E-state index contributed by atoms with van der Waals surface area (Å²) >= 11 is 0. The average molecular weight is 872 g/mol. The molecule has 0 saturated carbocycles. The third-order valence-corrected chi connectivity index (χ3v) is 15.5. The van der Waals surface area contributed by atoms with Gasteiger partial charge in [0, 0.05) is 44.1 Å². The van der Waals surface area contributed by atoms with Gasteiger partial charge in [-0.1, -0.05) is 197 Å². The smallest absolute Gasteiger partial charge is 0.141 e. The van der Waals surface area contributed by atoms with Crippen molar-refractivity contribution in [1.29, 1.82) is 0 Å². The maximum Gasteiger partial charge on any atom is 0.141 e. The van der Waals surface area contributed by atoms with Gasteiger partial charge in [0.1, 0.15) is 54.9 Å². The first kappa shape index (κ1) is 42.6. The fourth-order valence-electron chi connectivity index (χ4n) is 11.6. The van der Waals surface area contributed by atoms with Crippen LogP contribution in [0.25, 0.3) is 111 Å². The van der Waals surface area contributed by atoms with Crippen LogP contribution >= 0.6 is 0 Å². The number of fused-ring (bicyclic) bond motifs is 6. The van der Waals surface area contributed by atoms with Gasteiger partial charge in [0.25, 0.3) is 0 Å². The third-order valence-electron chi connectivity index (χ3n) is 15.5. The van der Waals surface area contributed by atoms with Gasteiger partial charge in [-0.05, 0) is 91.9 Å². The van der Waals surface area contributed by atoms with Crippen molar-refractivity contribution >= 4 is 137 Å². The molecule has 0 aliphatic rings. The molecule has 0 spiro atoms. The Kier molecular flexibility index (Phi) is 10.4. The summed E-state index contributed by atoms with van der Waals surface area (Å²) in [5.41, 5.74) is 29.0. The van der Waals surface area contributed by atoms with Crippen molar-refractivity contribution in [1.82, 2.24) is 9.13 Å². The van der Waals surface area contributed by atoms with Gasteiger partial charge in [-0.3, -0.25) is 0 Å². The van der Waals surface area contributed by atoms with Crippen LogP contribution in [0.4, 0.5) is 0 Å². The highest BCUT2D eigenvalue weighted by Gasteiger charge is 2.26. The summed E-state index contributed by atoms with van der Waals surface area (Å²) in [4.78, 5) is 0. The van der Waals surface area contributed by atoms with Gasteiger partial charge in [0.15, 0.2) is 0 Å². The predicted molar refractivity (Wildman–Crippen MR) is 320 cm³/mol. The van der Waals surface area contributed by atoms with E-state index in [-0.39, 0.29) is 0 Å². The SMILES string of the molecule is Bc1c(B)c(B)c2c(c1B)c1c(B)c(-c3ccc4c(c3)c3cccc(-c5ccccc5-c5ccccc5)c3n4-c3ccc(-c4ccccc4)cc3)c(B)c(B)c1n2-c1ccc(-c2ccccc2)cc1. The van der Waals surface area contributed by atoms with Gasteiger partial charge < -0.3 is 9.13 Å². The first-order chi connectivity index (χ1) is 33.7. The van der Waals surface area contributed by atoms with E-state index >= 15 is 0 Å². The largest absolute Gasteiger partial charge is 0.310 e. The van der Waals surface area contributed by atoms with Crippen molar-refractivity contribution in [2.75, 3.05) is 0 Å². The Morgan fingerprint density at radius 1 is 0.261 bits per heavy atom. The van der Waals surface area contributed by atoms with Gasteiger partial charge in [0.05, 0.1) is 11.0 Å². The molecule has 0 aliphatic heterocycles. The number of aromatic nitrogens is 2. The Morgan fingerprint density at radius 2 is 0.710 bits per heavy atom. The summed E-state index contributed by atoms with van der Waals surface area (Å²) in [6.07, 6.45) is 0. The normalized spacial score (nSPS) is 11.6. The van der Waals surface area contributed by atoms with Gasteiger partial charge in [-0.25, -0.2) is 0 Å². The van der Waals surface area contributed by atoms with Crippen molar-refractivity contribution in [3.8, 4) is 67.0 Å². The monoisotopic (exact) mass is 872 g/mol. The molecule has 0 radical (unpaired) electrons. The van der Waals surface area contributed by atoms with Gasteiger partial charge in [-0.15, -0.1) is 5.46 Å². The second kappa shape index (κ2) is 16.8. The summed E-state index contributed by atoms with van der Waals surface area (Å²) in [5, 5.41) is 5.18. The molecule has 12 rings (SSSR count). The molecule has 0 N–H and O–H groups in total. The van der Waals surface area contributed by atoms with E-state index in [0.717, 1.165) is 5.69 Å². The first-order valence-electron chi connectivity index (χ1n) is 24.3. The molecule has 318 valence electrons. The van der Waals surface area contributed by atoms with Crippen LogP contribution in [0.1, 0.15) is 0 Å². The number of hydrogen-bond donors (Lipinski definition) is 0. The number of hydrogen-bond acceptors (Lipinski definition) is 0. The molecule has 0 saturated heterocycles. The van der Waals surface area contributed by atoms with Crippen LogP contribution in [-0.4, -0.2) is 64.1 Å². The quantitative estimate of drug-likeness (QED) is 0.215. The van der Waals surface area contributed by atoms with Crippen LogP contribution in [0, 0.1) is 0 Å². The van der Waals surface area contributed by atoms with Crippen LogP contribution in [0.5, 0.6) is 0 Å². The van der Waals surface area contributed by atoms with Crippen LogP contribution in [0.15, 0.2) is 200 Å². The van der Waals surface area contributed by atoms with E-state index in [1.165, 1.54) is 143 Å². The molecule has 0 fully saturated rings. The summed E-state index contributed by atoms with van der Waals surface area (Å²) in [5.74, 6) is 0. The molecule has 2 nitrogen and oxygen atoms in total. The molecule has 2 heterocycles. The average Bonchev–Trinajstić information content (AvgIpc) is 3.94. The molecule has 0 aliphatic carbocycles. The Balaban J connectivity index is 1.11. The van der Waals surface area contributed by atoms with Crippen molar-refractivity contribution in [2.24, 2.45) is 0 Å². The topological polar surface area (TPSA) is 9.86 Å². The molecule has 69 heavy (non-hydrogen) atoms. The maximum atomic E-state index is 2.57.